The van der Waals surface area contributed by atoms with Gasteiger partial charge in [-0.1, -0.05) is 0 Å². The maximum atomic E-state index is 11.4. The van der Waals surface area contributed by atoms with Crippen molar-refractivity contribution in [1.82, 2.24) is 9.80 Å². The van der Waals surface area contributed by atoms with E-state index < -0.39 is 18.1 Å². The fourth-order valence-corrected chi connectivity index (χ4v) is 2.29. The van der Waals surface area contributed by atoms with Gasteiger partial charge in [-0.2, -0.15) is 0 Å². The van der Waals surface area contributed by atoms with Crippen molar-refractivity contribution in [3.05, 3.63) is 0 Å². The number of carbonyl (C=O) groups excluding carboxylic acids is 1. The zero-order valence-electron chi connectivity index (χ0n) is 9.26. The summed E-state index contributed by atoms with van der Waals surface area (Å²) >= 11 is 0. The van der Waals surface area contributed by atoms with Gasteiger partial charge in [0, 0.05) is 12.6 Å². The topological polar surface area (TPSA) is 70.1 Å². The van der Waals surface area contributed by atoms with Crippen LogP contribution >= 0.6 is 0 Å². The maximum Gasteiger partial charge on any atom is 0.410 e. The van der Waals surface area contributed by atoms with Crippen LogP contribution in [0.4, 0.5) is 4.79 Å². The molecule has 6 heteroatoms. The van der Waals surface area contributed by atoms with Gasteiger partial charge in [-0.15, -0.1) is 0 Å². The molecule has 0 radical (unpaired) electrons. The number of rotatable bonds is 3. The molecule has 90 valence electrons. The molecule has 2 heterocycles. The maximum absolute atomic E-state index is 11.4. The van der Waals surface area contributed by atoms with E-state index in [1.807, 2.05) is 7.05 Å². The van der Waals surface area contributed by atoms with E-state index in [9.17, 15) is 9.59 Å². The summed E-state index contributed by atoms with van der Waals surface area (Å²) in [4.78, 5) is 25.8. The van der Waals surface area contributed by atoms with Gasteiger partial charge in [-0.3, -0.25) is 4.90 Å². The van der Waals surface area contributed by atoms with Crippen LogP contribution in [0.3, 0.4) is 0 Å². The molecule has 2 aliphatic rings. The second kappa shape index (κ2) is 4.29. The minimum Gasteiger partial charge on any atom is -0.480 e. The number of likely N-dealkylation sites (tertiary alicyclic amines) is 1. The van der Waals surface area contributed by atoms with Crippen molar-refractivity contribution in [2.45, 2.75) is 24.9 Å². The highest BCUT2D eigenvalue weighted by Gasteiger charge is 2.40. The first kappa shape index (κ1) is 11.2. The van der Waals surface area contributed by atoms with Crippen LogP contribution in [0.25, 0.3) is 0 Å². The van der Waals surface area contributed by atoms with Crippen LogP contribution in [-0.4, -0.2) is 65.8 Å². The van der Waals surface area contributed by atoms with Crippen molar-refractivity contribution in [2.75, 3.05) is 26.7 Å². The number of likely N-dealkylation sites (N-methyl/N-ethyl adjacent to an activating group) is 1. The van der Waals surface area contributed by atoms with Gasteiger partial charge in [0.2, 0.25) is 0 Å². The molecule has 0 spiro atoms. The Morgan fingerprint density at radius 1 is 1.62 bits per heavy atom. The fraction of sp³-hybridized carbons (Fsp3) is 0.800. The highest BCUT2D eigenvalue weighted by atomic mass is 16.6. The van der Waals surface area contributed by atoms with Gasteiger partial charge in [0.1, 0.15) is 6.61 Å². The fourth-order valence-electron chi connectivity index (χ4n) is 2.29. The molecule has 0 aliphatic carbocycles. The number of cyclic esters (lactones) is 1. The Bertz CT molecular complexity index is 307. The van der Waals surface area contributed by atoms with Crippen molar-refractivity contribution in [3.63, 3.8) is 0 Å². The molecule has 2 saturated heterocycles. The Labute approximate surface area is 93.8 Å². The van der Waals surface area contributed by atoms with Crippen LogP contribution in [-0.2, 0) is 9.53 Å². The Morgan fingerprint density at radius 2 is 2.38 bits per heavy atom. The summed E-state index contributed by atoms with van der Waals surface area (Å²) in [5, 5.41) is 8.95. The van der Waals surface area contributed by atoms with E-state index in [2.05, 4.69) is 4.90 Å². The lowest BCUT2D eigenvalue weighted by Gasteiger charge is -2.26. The number of carbonyl (C=O) groups is 2. The molecule has 2 rings (SSSR count). The van der Waals surface area contributed by atoms with Gasteiger partial charge in [-0.25, -0.2) is 9.59 Å². The molecular weight excluding hydrogens is 212 g/mol. The zero-order valence-corrected chi connectivity index (χ0v) is 9.26. The first-order valence-electron chi connectivity index (χ1n) is 5.46. The molecule has 1 N–H and O–H groups in total. The lowest BCUT2D eigenvalue weighted by Crippen LogP contribution is -2.46. The molecule has 0 aromatic carbocycles. The van der Waals surface area contributed by atoms with Crippen molar-refractivity contribution < 1.29 is 19.4 Å². The molecule has 2 atom stereocenters. The molecule has 1 amide bonds. The molecule has 2 unspecified atom stereocenters. The van der Waals surface area contributed by atoms with Gasteiger partial charge >= 0.3 is 12.1 Å². The number of carboxylic acid groups (broad SMARTS) is 1. The van der Waals surface area contributed by atoms with Crippen LogP contribution < -0.4 is 0 Å². The van der Waals surface area contributed by atoms with Crippen molar-refractivity contribution in [1.29, 1.82) is 0 Å². The molecule has 6 nitrogen and oxygen atoms in total. The Kier molecular flexibility index (Phi) is 3.00. The molecule has 0 aromatic heterocycles. The smallest absolute Gasteiger partial charge is 0.410 e. The standard InChI is InChI=1S/C10H16N2O4/c1-11-4-2-3-7(11)5-12-8(9(13)14)6-16-10(12)15/h7-8H,2-6H2,1H3,(H,13,14). The lowest BCUT2D eigenvalue weighted by atomic mass is 10.2. The van der Waals surface area contributed by atoms with Crippen molar-refractivity contribution in [3.8, 4) is 0 Å². The van der Waals surface area contributed by atoms with E-state index in [0.717, 1.165) is 19.4 Å². The first-order valence-corrected chi connectivity index (χ1v) is 5.46. The number of ether oxygens (including phenoxy) is 1. The molecule has 2 aliphatic heterocycles. The van der Waals surface area contributed by atoms with Crippen LogP contribution in [0.2, 0.25) is 0 Å². The lowest BCUT2D eigenvalue weighted by molar-refractivity contribution is -0.141. The third kappa shape index (κ3) is 1.97. The molecule has 2 fully saturated rings. The van der Waals surface area contributed by atoms with E-state index in [0.29, 0.717) is 6.54 Å². The van der Waals surface area contributed by atoms with E-state index in [1.54, 1.807) is 0 Å². The molecule has 0 bridgehead atoms. The summed E-state index contributed by atoms with van der Waals surface area (Å²) in [6.07, 6.45) is 1.60. The van der Waals surface area contributed by atoms with Crippen LogP contribution in [0.5, 0.6) is 0 Å². The SMILES string of the molecule is CN1CCCC1CN1C(=O)OCC1C(=O)O. The number of hydrogen-bond acceptors (Lipinski definition) is 4. The average Bonchev–Trinajstić information content (AvgIpc) is 2.76. The van der Waals surface area contributed by atoms with Crippen LogP contribution in [0.1, 0.15) is 12.8 Å². The monoisotopic (exact) mass is 228 g/mol. The average molecular weight is 228 g/mol. The van der Waals surface area contributed by atoms with Gasteiger partial charge < -0.3 is 14.7 Å². The Hall–Kier alpha value is -1.30. The normalized spacial score (nSPS) is 30.8. The number of hydrogen-bond donors (Lipinski definition) is 1. The third-order valence-electron chi connectivity index (χ3n) is 3.34. The largest absolute Gasteiger partial charge is 0.480 e. The zero-order chi connectivity index (χ0) is 11.7. The van der Waals surface area contributed by atoms with Crippen molar-refractivity contribution in [2.24, 2.45) is 0 Å². The van der Waals surface area contributed by atoms with Crippen LogP contribution in [0, 0.1) is 0 Å². The summed E-state index contributed by atoms with van der Waals surface area (Å²) in [6, 6.07) is -0.561. The number of aliphatic carboxylic acids is 1. The van der Waals surface area contributed by atoms with E-state index in [1.165, 1.54) is 4.90 Å². The summed E-state index contributed by atoms with van der Waals surface area (Å²) in [7, 11) is 1.99. The quantitative estimate of drug-likeness (QED) is 0.735. The predicted molar refractivity (Wildman–Crippen MR) is 55.1 cm³/mol. The van der Waals surface area contributed by atoms with Gasteiger partial charge in [0.05, 0.1) is 0 Å². The van der Waals surface area contributed by atoms with Crippen LogP contribution in [0.15, 0.2) is 0 Å². The highest BCUT2D eigenvalue weighted by Crippen LogP contribution is 2.20. The predicted octanol–water partition coefficient (Wildman–Crippen LogP) is -0.0140. The second-order valence-electron chi connectivity index (χ2n) is 4.36. The number of nitrogens with zero attached hydrogens (tertiary/aromatic N) is 2. The van der Waals surface area contributed by atoms with E-state index >= 15 is 0 Å². The first-order chi connectivity index (χ1) is 7.59. The van der Waals surface area contributed by atoms with Gasteiger partial charge in [0.25, 0.3) is 0 Å². The molecule has 16 heavy (non-hydrogen) atoms. The third-order valence-corrected chi connectivity index (χ3v) is 3.34. The van der Waals surface area contributed by atoms with Gasteiger partial charge in [-0.05, 0) is 26.4 Å². The molecule has 0 aromatic rings. The Balaban J connectivity index is 2.01. The van der Waals surface area contributed by atoms with Gasteiger partial charge in [0.15, 0.2) is 6.04 Å². The minimum absolute atomic E-state index is 0.0371. The van der Waals surface area contributed by atoms with Crippen molar-refractivity contribution >= 4 is 12.1 Å². The minimum atomic E-state index is -0.994. The molecular formula is C10H16N2O4. The highest BCUT2D eigenvalue weighted by molar-refractivity contribution is 5.82. The number of carboxylic acids is 1. The summed E-state index contributed by atoms with van der Waals surface area (Å²) < 4.78 is 4.77. The Morgan fingerprint density at radius 3 is 2.94 bits per heavy atom. The summed E-state index contributed by atoms with van der Waals surface area (Å²) in [6.45, 7) is 1.42. The number of amides is 1. The summed E-state index contributed by atoms with van der Waals surface area (Å²) in [5.41, 5.74) is 0. The second-order valence-corrected chi connectivity index (χ2v) is 4.36. The van der Waals surface area contributed by atoms with E-state index in [-0.39, 0.29) is 12.6 Å². The molecule has 0 saturated carbocycles. The summed E-state index contributed by atoms with van der Waals surface area (Å²) in [5.74, 6) is -0.994. The van der Waals surface area contributed by atoms with E-state index in [4.69, 9.17) is 9.84 Å².